The van der Waals surface area contributed by atoms with Gasteiger partial charge >= 0.3 is 12.1 Å². The van der Waals surface area contributed by atoms with Gasteiger partial charge in [0.2, 0.25) is 5.91 Å². The minimum absolute atomic E-state index is 0.111. The number of fused-ring (bicyclic) bond motifs is 5. The molecule has 41 heavy (non-hydrogen) atoms. The lowest BCUT2D eigenvalue weighted by Crippen LogP contribution is -2.56. The molecule has 1 aliphatic carbocycles. The number of ether oxygens (including phenoxy) is 2. The fraction of sp³-hybridized carbons (Fsp3) is 0.364. The van der Waals surface area contributed by atoms with Gasteiger partial charge in [-0.2, -0.15) is 0 Å². The van der Waals surface area contributed by atoms with Crippen molar-refractivity contribution >= 4 is 18.0 Å². The largest absolute Gasteiger partial charge is 0.481 e. The van der Waals surface area contributed by atoms with E-state index >= 15 is 0 Å². The maximum absolute atomic E-state index is 13.9. The third-order valence-corrected chi connectivity index (χ3v) is 8.82. The Morgan fingerprint density at radius 3 is 2.20 bits per heavy atom. The zero-order valence-corrected chi connectivity index (χ0v) is 22.9. The van der Waals surface area contributed by atoms with Crippen molar-refractivity contribution in [3.63, 3.8) is 0 Å². The number of rotatable bonds is 9. The number of hydrogen-bond donors (Lipinski definition) is 2. The molecular weight excluding hydrogens is 520 g/mol. The van der Waals surface area contributed by atoms with Crippen LogP contribution in [0.3, 0.4) is 0 Å². The second-order valence-electron chi connectivity index (χ2n) is 11.2. The van der Waals surface area contributed by atoms with E-state index in [-0.39, 0.29) is 37.1 Å². The molecule has 0 radical (unpaired) electrons. The topological polar surface area (TPSA) is 105 Å². The van der Waals surface area contributed by atoms with Crippen LogP contribution < -0.4 is 5.32 Å². The van der Waals surface area contributed by atoms with Crippen molar-refractivity contribution in [2.24, 2.45) is 5.92 Å². The van der Waals surface area contributed by atoms with Gasteiger partial charge in [-0.3, -0.25) is 9.59 Å². The quantitative estimate of drug-likeness (QED) is 0.387. The van der Waals surface area contributed by atoms with Gasteiger partial charge in [0, 0.05) is 18.0 Å². The zero-order valence-electron chi connectivity index (χ0n) is 22.9. The lowest BCUT2D eigenvalue weighted by molar-refractivity contribution is -0.144. The summed E-state index contributed by atoms with van der Waals surface area (Å²) in [6, 6.07) is 24.3. The standard InChI is InChI=1S/C33H34N2O6/c1-20(40-18-21-9-3-2-4-10-21)30(31(36)35-22-15-16-29(35)27(17-22)32(37)38)34-33(39)41-19-28-25-13-7-5-11-23(25)24-12-6-8-14-26(24)28/h2-14,20,22,27-30H,15-19H2,1H3,(H,34,39)(H,37,38)/t20-,22+,27-,29-,30+/m0/s1. The predicted molar refractivity (Wildman–Crippen MR) is 152 cm³/mol. The van der Waals surface area contributed by atoms with Crippen molar-refractivity contribution < 1.29 is 29.0 Å². The molecule has 6 rings (SSSR count). The summed E-state index contributed by atoms with van der Waals surface area (Å²) >= 11 is 0. The number of carboxylic acid groups (broad SMARTS) is 1. The van der Waals surface area contributed by atoms with Crippen molar-refractivity contribution in [2.45, 2.75) is 62.9 Å². The SMILES string of the molecule is C[C@H](OCc1ccccc1)[C@@H](NC(=O)OCC1c2ccccc2-c2ccccc21)C(=O)N1[C@@H]2CC[C@H]1[C@@H](C(=O)O)C2. The van der Waals surface area contributed by atoms with E-state index in [9.17, 15) is 19.5 Å². The Balaban J connectivity index is 1.18. The average Bonchev–Trinajstić information content (AvgIpc) is 3.67. The molecule has 2 bridgehead atoms. The predicted octanol–water partition coefficient (Wildman–Crippen LogP) is 4.96. The fourth-order valence-corrected chi connectivity index (χ4v) is 6.80. The van der Waals surface area contributed by atoms with Gasteiger partial charge in [0.05, 0.1) is 18.6 Å². The number of alkyl carbamates (subject to hydrolysis) is 1. The van der Waals surface area contributed by atoms with E-state index in [1.807, 2.05) is 54.6 Å². The molecule has 2 heterocycles. The number of benzene rings is 3. The Hall–Kier alpha value is -4.17. The van der Waals surface area contributed by atoms with Crippen LogP contribution in [0.1, 0.15) is 48.8 Å². The Morgan fingerprint density at radius 1 is 0.927 bits per heavy atom. The third kappa shape index (κ3) is 5.20. The summed E-state index contributed by atoms with van der Waals surface area (Å²) in [5.41, 5.74) is 5.40. The number of carbonyl (C=O) groups is 3. The van der Waals surface area contributed by atoms with Crippen LogP contribution in [-0.4, -0.2) is 58.8 Å². The van der Waals surface area contributed by atoms with E-state index in [2.05, 4.69) is 29.6 Å². The first-order valence-electron chi connectivity index (χ1n) is 14.2. The molecule has 3 aromatic carbocycles. The molecule has 8 nitrogen and oxygen atoms in total. The van der Waals surface area contributed by atoms with Gasteiger partial charge in [-0.05, 0) is 54.0 Å². The molecule has 2 N–H and O–H groups in total. The van der Waals surface area contributed by atoms with E-state index in [0.29, 0.717) is 12.8 Å². The van der Waals surface area contributed by atoms with Crippen molar-refractivity contribution in [1.29, 1.82) is 0 Å². The number of aliphatic carboxylic acids is 1. The highest BCUT2D eigenvalue weighted by atomic mass is 16.5. The maximum Gasteiger partial charge on any atom is 0.407 e. The Morgan fingerprint density at radius 2 is 1.56 bits per heavy atom. The molecule has 0 aromatic heterocycles. The summed E-state index contributed by atoms with van der Waals surface area (Å²) in [5, 5.41) is 12.5. The summed E-state index contributed by atoms with van der Waals surface area (Å²) in [5.74, 6) is -1.91. The Bertz CT molecular complexity index is 1400. The molecular formula is C33H34N2O6. The Kier molecular flexibility index (Phi) is 7.49. The Labute approximate surface area is 239 Å². The first-order chi connectivity index (χ1) is 19.9. The molecule has 2 saturated heterocycles. The van der Waals surface area contributed by atoms with Crippen LogP contribution >= 0.6 is 0 Å². The van der Waals surface area contributed by atoms with E-state index < -0.39 is 30.1 Å². The molecule has 212 valence electrons. The number of amides is 2. The van der Waals surface area contributed by atoms with Crippen LogP contribution in [0.4, 0.5) is 4.79 Å². The van der Waals surface area contributed by atoms with E-state index in [1.165, 1.54) is 0 Å². The highest BCUT2D eigenvalue weighted by molar-refractivity contribution is 5.88. The van der Waals surface area contributed by atoms with Gasteiger partial charge in [-0.1, -0.05) is 78.9 Å². The molecule has 5 atom stereocenters. The molecule has 8 heteroatoms. The van der Waals surface area contributed by atoms with E-state index in [4.69, 9.17) is 9.47 Å². The van der Waals surface area contributed by atoms with E-state index in [0.717, 1.165) is 34.2 Å². The highest BCUT2D eigenvalue weighted by Gasteiger charge is 2.53. The van der Waals surface area contributed by atoms with Crippen LogP contribution in [0.5, 0.6) is 0 Å². The summed E-state index contributed by atoms with van der Waals surface area (Å²) in [7, 11) is 0. The van der Waals surface area contributed by atoms with Gasteiger partial charge in [0.25, 0.3) is 0 Å². The first kappa shape index (κ1) is 27.0. The minimum atomic E-state index is -1.02. The number of carboxylic acids is 1. The number of carbonyl (C=O) groups excluding carboxylic acids is 2. The third-order valence-electron chi connectivity index (χ3n) is 8.82. The molecule has 3 aromatic rings. The van der Waals surface area contributed by atoms with Crippen molar-refractivity contribution in [2.75, 3.05) is 6.61 Å². The van der Waals surface area contributed by atoms with Crippen molar-refractivity contribution in [1.82, 2.24) is 10.2 Å². The van der Waals surface area contributed by atoms with Gasteiger partial charge in [-0.15, -0.1) is 0 Å². The summed E-state index contributed by atoms with van der Waals surface area (Å²) < 4.78 is 11.8. The summed E-state index contributed by atoms with van der Waals surface area (Å²) in [4.78, 5) is 40.7. The zero-order chi connectivity index (χ0) is 28.5. The van der Waals surface area contributed by atoms with Gasteiger partial charge in [0.15, 0.2) is 0 Å². The van der Waals surface area contributed by atoms with Crippen LogP contribution in [0.2, 0.25) is 0 Å². The fourth-order valence-electron chi connectivity index (χ4n) is 6.80. The average molecular weight is 555 g/mol. The molecule has 2 amide bonds. The number of nitrogens with zero attached hydrogens (tertiary/aromatic N) is 1. The maximum atomic E-state index is 13.9. The van der Waals surface area contributed by atoms with Crippen LogP contribution in [-0.2, 0) is 25.7 Å². The highest BCUT2D eigenvalue weighted by Crippen LogP contribution is 2.45. The lowest BCUT2D eigenvalue weighted by atomic mass is 9.89. The molecule has 0 unspecified atom stereocenters. The van der Waals surface area contributed by atoms with Gasteiger partial charge in [-0.25, -0.2) is 4.79 Å². The number of hydrogen-bond acceptors (Lipinski definition) is 5. The van der Waals surface area contributed by atoms with Crippen LogP contribution in [0, 0.1) is 5.92 Å². The smallest absolute Gasteiger partial charge is 0.407 e. The van der Waals surface area contributed by atoms with Crippen molar-refractivity contribution in [3.05, 3.63) is 95.6 Å². The lowest BCUT2D eigenvalue weighted by Gasteiger charge is -2.31. The normalized spacial score (nSPS) is 22.1. The summed E-state index contributed by atoms with van der Waals surface area (Å²) in [6.07, 6.45) is 0.456. The second-order valence-corrected chi connectivity index (χ2v) is 11.2. The molecule has 2 aliphatic heterocycles. The van der Waals surface area contributed by atoms with Crippen molar-refractivity contribution in [3.8, 4) is 11.1 Å². The van der Waals surface area contributed by atoms with Crippen LogP contribution in [0.15, 0.2) is 78.9 Å². The molecule has 2 fully saturated rings. The summed E-state index contributed by atoms with van der Waals surface area (Å²) in [6.45, 7) is 2.14. The van der Waals surface area contributed by atoms with E-state index in [1.54, 1.807) is 11.8 Å². The molecule has 0 spiro atoms. The molecule has 3 aliphatic rings. The van der Waals surface area contributed by atoms with Gasteiger partial charge in [0.1, 0.15) is 12.6 Å². The minimum Gasteiger partial charge on any atom is -0.481 e. The van der Waals surface area contributed by atoms with Crippen LogP contribution in [0.25, 0.3) is 11.1 Å². The number of nitrogens with one attached hydrogen (secondary N) is 1. The first-order valence-corrected chi connectivity index (χ1v) is 14.2. The second kappa shape index (κ2) is 11.4. The van der Waals surface area contributed by atoms with Gasteiger partial charge < -0.3 is 24.8 Å². The monoisotopic (exact) mass is 554 g/mol. The molecule has 0 saturated carbocycles.